The third kappa shape index (κ3) is 6.13. The van der Waals surface area contributed by atoms with E-state index < -0.39 is 0 Å². The van der Waals surface area contributed by atoms with Crippen molar-refractivity contribution in [3.8, 4) is 0 Å². The third-order valence-electron chi connectivity index (χ3n) is 5.17. The zero-order chi connectivity index (χ0) is 15.1. The molecule has 2 heteroatoms. The number of hydrogen-bond donors (Lipinski definition) is 1. The molecule has 0 aromatic heterocycles. The molecule has 1 aliphatic rings. The van der Waals surface area contributed by atoms with Gasteiger partial charge in [-0.05, 0) is 76.0 Å². The molecule has 3 atom stereocenters. The van der Waals surface area contributed by atoms with Crippen molar-refractivity contribution in [3.63, 3.8) is 0 Å². The Balaban J connectivity index is 2.36. The van der Waals surface area contributed by atoms with Crippen LogP contribution in [-0.4, -0.2) is 37.1 Å². The van der Waals surface area contributed by atoms with E-state index >= 15 is 0 Å². The maximum Gasteiger partial charge on any atom is 0.0105 e. The minimum atomic E-state index is 0.709. The van der Waals surface area contributed by atoms with Crippen molar-refractivity contribution < 1.29 is 0 Å². The van der Waals surface area contributed by atoms with Gasteiger partial charge in [-0.2, -0.15) is 0 Å². The Morgan fingerprint density at radius 1 is 0.950 bits per heavy atom. The molecule has 1 aliphatic heterocycles. The van der Waals surface area contributed by atoms with Crippen molar-refractivity contribution in [2.24, 2.45) is 23.7 Å². The van der Waals surface area contributed by atoms with E-state index in [4.69, 9.17) is 0 Å². The molecule has 1 heterocycles. The fraction of sp³-hybridized carbons (Fsp3) is 1.00. The van der Waals surface area contributed by atoms with Gasteiger partial charge in [0.15, 0.2) is 0 Å². The zero-order valence-electron chi connectivity index (χ0n) is 14.8. The van der Waals surface area contributed by atoms with Gasteiger partial charge in [-0.1, -0.05) is 34.6 Å². The summed E-state index contributed by atoms with van der Waals surface area (Å²) in [5.41, 5.74) is 0. The molecule has 20 heavy (non-hydrogen) atoms. The van der Waals surface area contributed by atoms with Gasteiger partial charge in [-0.25, -0.2) is 0 Å². The lowest BCUT2D eigenvalue weighted by Gasteiger charge is -2.32. The molecular formula is C18H38N2. The molecule has 1 saturated heterocycles. The first-order chi connectivity index (χ1) is 9.41. The van der Waals surface area contributed by atoms with Crippen LogP contribution in [0.3, 0.4) is 0 Å². The van der Waals surface area contributed by atoms with Crippen LogP contribution in [0.4, 0.5) is 0 Å². The summed E-state index contributed by atoms with van der Waals surface area (Å²) >= 11 is 0. The van der Waals surface area contributed by atoms with Crippen LogP contribution in [0.1, 0.15) is 60.8 Å². The van der Waals surface area contributed by atoms with E-state index in [1.807, 2.05) is 0 Å². The van der Waals surface area contributed by atoms with Crippen LogP contribution in [0.2, 0.25) is 0 Å². The Kier molecular flexibility index (Phi) is 8.13. The Hall–Kier alpha value is -0.0800. The normalized spacial score (nSPS) is 24.9. The smallest absolute Gasteiger partial charge is 0.0105 e. The Morgan fingerprint density at radius 3 is 2.25 bits per heavy atom. The summed E-state index contributed by atoms with van der Waals surface area (Å²) in [4.78, 5) is 2.74. The van der Waals surface area contributed by atoms with Crippen molar-refractivity contribution in [1.29, 1.82) is 0 Å². The average Bonchev–Trinajstić information content (AvgIpc) is 2.62. The zero-order valence-corrected chi connectivity index (χ0v) is 14.8. The van der Waals surface area contributed by atoms with Crippen molar-refractivity contribution in [3.05, 3.63) is 0 Å². The van der Waals surface area contributed by atoms with E-state index in [9.17, 15) is 0 Å². The highest BCUT2D eigenvalue weighted by Gasteiger charge is 2.24. The topological polar surface area (TPSA) is 15.3 Å². The Labute approximate surface area is 127 Å². The monoisotopic (exact) mass is 282 g/mol. The average molecular weight is 283 g/mol. The van der Waals surface area contributed by atoms with Gasteiger partial charge in [0.1, 0.15) is 0 Å². The number of likely N-dealkylation sites (tertiary alicyclic amines) is 1. The summed E-state index contributed by atoms with van der Waals surface area (Å²) in [7, 11) is 0. The van der Waals surface area contributed by atoms with Gasteiger partial charge >= 0.3 is 0 Å². The maximum atomic E-state index is 3.62. The molecule has 1 N–H and O–H groups in total. The second-order valence-corrected chi connectivity index (χ2v) is 7.74. The van der Waals surface area contributed by atoms with Gasteiger partial charge in [0.2, 0.25) is 0 Å². The second kappa shape index (κ2) is 9.04. The van der Waals surface area contributed by atoms with Gasteiger partial charge in [-0.3, -0.25) is 0 Å². The molecule has 0 aliphatic carbocycles. The van der Waals surface area contributed by atoms with Crippen LogP contribution in [-0.2, 0) is 0 Å². The lowest BCUT2D eigenvalue weighted by Crippen LogP contribution is -2.42. The van der Waals surface area contributed by atoms with Crippen LogP contribution in [0.5, 0.6) is 0 Å². The van der Waals surface area contributed by atoms with Crippen molar-refractivity contribution in [2.75, 3.05) is 26.2 Å². The van der Waals surface area contributed by atoms with Crippen molar-refractivity contribution >= 4 is 0 Å². The molecule has 0 aromatic carbocycles. The SMILES string of the molecule is CC(C)CNCC(C)C(C)N1CCCC(C(C)C)CC1. The van der Waals surface area contributed by atoms with E-state index in [2.05, 4.69) is 51.8 Å². The van der Waals surface area contributed by atoms with Crippen LogP contribution in [0.25, 0.3) is 0 Å². The summed E-state index contributed by atoms with van der Waals surface area (Å²) in [5, 5.41) is 3.62. The molecule has 0 spiro atoms. The van der Waals surface area contributed by atoms with Crippen LogP contribution in [0, 0.1) is 23.7 Å². The van der Waals surface area contributed by atoms with E-state index in [1.165, 1.54) is 32.4 Å². The lowest BCUT2D eigenvalue weighted by atomic mass is 9.89. The second-order valence-electron chi connectivity index (χ2n) is 7.74. The highest BCUT2D eigenvalue weighted by molar-refractivity contribution is 4.79. The number of nitrogens with zero attached hydrogens (tertiary/aromatic N) is 1. The Morgan fingerprint density at radius 2 is 1.65 bits per heavy atom. The number of rotatable bonds is 7. The highest BCUT2D eigenvalue weighted by atomic mass is 15.2. The molecule has 2 nitrogen and oxygen atoms in total. The summed E-state index contributed by atoms with van der Waals surface area (Å²) in [5.74, 6) is 3.30. The minimum absolute atomic E-state index is 0.709. The van der Waals surface area contributed by atoms with Gasteiger partial charge < -0.3 is 10.2 Å². The fourth-order valence-corrected chi connectivity index (χ4v) is 3.35. The van der Waals surface area contributed by atoms with E-state index in [1.54, 1.807) is 0 Å². The Bertz CT molecular complexity index is 250. The largest absolute Gasteiger partial charge is 0.316 e. The molecule has 1 fully saturated rings. The summed E-state index contributed by atoms with van der Waals surface area (Å²) in [6.45, 7) is 19.1. The van der Waals surface area contributed by atoms with Crippen LogP contribution < -0.4 is 5.32 Å². The van der Waals surface area contributed by atoms with Gasteiger partial charge in [0.25, 0.3) is 0 Å². The highest BCUT2D eigenvalue weighted by Crippen LogP contribution is 2.26. The molecular weight excluding hydrogens is 244 g/mol. The molecule has 0 aromatic rings. The van der Waals surface area contributed by atoms with Gasteiger partial charge in [0, 0.05) is 6.04 Å². The predicted octanol–water partition coefficient (Wildman–Crippen LogP) is 4.01. The summed E-state index contributed by atoms with van der Waals surface area (Å²) < 4.78 is 0. The van der Waals surface area contributed by atoms with Gasteiger partial charge in [0.05, 0.1) is 0 Å². The van der Waals surface area contributed by atoms with E-state index in [-0.39, 0.29) is 0 Å². The maximum absolute atomic E-state index is 3.62. The first-order valence-electron chi connectivity index (χ1n) is 8.86. The van der Waals surface area contributed by atoms with Crippen molar-refractivity contribution in [2.45, 2.75) is 66.8 Å². The summed E-state index contributed by atoms with van der Waals surface area (Å²) in [6.07, 6.45) is 4.22. The minimum Gasteiger partial charge on any atom is -0.316 e. The summed E-state index contributed by atoms with van der Waals surface area (Å²) in [6, 6.07) is 0.709. The number of nitrogens with one attached hydrogen (secondary N) is 1. The molecule has 0 amide bonds. The molecule has 120 valence electrons. The quantitative estimate of drug-likeness (QED) is 0.759. The standard InChI is InChI=1S/C18H38N2/c1-14(2)12-19-13-16(5)17(6)20-10-7-8-18(9-11-20)15(3)4/h14-19H,7-13H2,1-6H3. The first kappa shape index (κ1) is 18.0. The predicted molar refractivity (Wildman–Crippen MR) is 90.1 cm³/mol. The lowest BCUT2D eigenvalue weighted by molar-refractivity contribution is 0.161. The molecule has 0 bridgehead atoms. The van der Waals surface area contributed by atoms with Crippen LogP contribution >= 0.6 is 0 Å². The fourth-order valence-electron chi connectivity index (χ4n) is 3.35. The number of hydrogen-bond acceptors (Lipinski definition) is 2. The third-order valence-corrected chi connectivity index (χ3v) is 5.17. The van der Waals surface area contributed by atoms with E-state index in [0.717, 1.165) is 36.8 Å². The molecule has 0 saturated carbocycles. The van der Waals surface area contributed by atoms with Crippen molar-refractivity contribution in [1.82, 2.24) is 10.2 Å². The first-order valence-corrected chi connectivity index (χ1v) is 8.86. The molecule has 3 unspecified atom stereocenters. The van der Waals surface area contributed by atoms with Gasteiger partial charge in [-0.15, -0.1) is 0 Å². The molecule has 1 rings (SSSR count). The van der Waals surface area contributed by atoms with E-state index in [0.29, 0.717) is 6.04 Å². The molecule has 0 radical (unpaired) electrons. The van der Waals surface area contributed by atoms with Crippen LogP contribution in [0.15, 0.2) is 0 Å².